The highest BCUT2D eigenvalue weighted by Crippen LogP contribution is 2.19. The quantitative estimate of drug-likeness (QED) is 0.607. The highest BCUT2D eigenvalue weighted by molar-refractivity contribution is 7.89. The van der Waals surface area contributed by atoms with Crippen molar-refractivity contribution >= 4 is 15.9 Å². The van der Waals surface area contributed by atoms with Crippen molar-refractivity contribution in [2.45, 2.75) is 36.6 Å². The summed E-state index contributed by atoms with van der Waals surface area (Å²) in [7, 11) is -3.69. The number of nitrogens with two attached hydrogens (primary N) is 2. The van der Waals surface area contributed by atoms with Gasteiger partial charge >= 0.3 is 0 Å². The Labute approximate surface area is 165 Å². The van der Waals surface area contributed by atoms with Gasteiger partial charge in [-0.3, -0.25) is 4.79 Å². The predicted molar refractivity (Wildman–Crippen MR) is 109 cm³/mol. The molecule has 7 heteroatoms. The molecule has 0 fully saturated rings. The second-order valence-electron chi connectivity index (χ2n) is 7.02. The van der Waals surface area contributed by atoms with Crippen molar-refractivity contribution in [2.75, 3.05) is 6.54 Å². The van der Waals surface area contributed by atoms with Crippen molar-refractivity contribution < 1.29 is 13.2 Å². The van der Waals surface area contributed by atoms with Gasteiger partial charge < -0.3 is 11.1 Å². The Morgan fingerprint density at radius 1 is 1.00 bits per heavy atom. The molecule has 0 saturated carbocycles. The van der Waals surface area contributed by atoms with Gasteiger partial charge in [0, 0.05) is 6.54 Å². The van der Waals surface area contributed by atoms with Gasteiger partial charge in [-0.05, 0) is 60.1 Å². The summed E-state index contributed by atoms with van der Waals surface area (Å²) in [4.78, 5) is 12.3. The number of allylic oxidation sites excluding steroid dienone is 2. The van der Waals surface area contributed by atoms with Gasteiger partial charge in [0.1, 0.15) is 0 Å². The van der Waals surface area contributed by atoms with E-state index in [4.69, 9.17) is 10.9 Å². The van der Waals surface area contributed by atoms with E-state index in [1.807, 2.05) is 6.07 Å². The predicted octanol–water partition coefficient (Wildman–Crippen LogP) is 1.22. The molecular weight excluding hydrogens is 374 g/mol. The maximum absolute atomic E-state index is 12.3. The molecule has 1 aliphatic carbocycles. The summed E-state index contributed by atoms with van der Waals surface area (Å²) in [5.41, 5.74) is 10.7. The minimum Gasteiger partial charge on any atom is -0.354 e. The molecule has 0 bridgehead atoms. The van der Waals surface area contributed by atoms with Gasteiger partial charge in [0.25, 0.3) is 0 Å². The van der Waals surface area contributed by atoms with Crippen molar-refractivity contribution in [2.24, 2.45) is 10.9 Å². The van der Waals surface area contributed by atoms with Crippen molar-refractivity contribution in [1.29, 1.82) is 0 Å². The molecule has 2 aromatic carbocycles. The Hall–Kier alpha value is -2.48. The maximum atomic E-state index is 12.3. The summed E-state index contributed by atoms with van der Waals surface area (Å²) < 4.78 is 22.5. The van der Waals surface area contributed by atoms with Gasteiger partial charge in [-0.2, -0.15) is 0 Å². The minimum atomic E-state index is -3.69. The van der Waals surface area contributed by atoms with Crippen LogP contribution in [-0.2, 0) is 40.5 Å². The van der Waals surface area contributed by atoms with Crippen molar-refractivity contribution in [1.82, 2.24) is 5.32 Å². The molecule has 5 N–H and O–H groups in total. The smallest absolute Gasteiger partial charge is 0.238 e. The van der Waals surface area contributed by atoms with Gasteiger partial charge in [-0.1, -0.05) is 42.5 Å². The molecule has 0 spiro atoms. The van der Waals surface area contributed by atoms with Gasteiger partial charge in [-0.15, -0.1) is 0 Å². The number of hydrogen-bond donors (Lipinski definition) is 3. The summed E-state index contributed by atoms with van der Waals surface area (Å²) in [5, 5.41) is 7.92. The first-order valence-electron chi connectivity index (χ1n) is 9.23. The minimum absolute atomic E-state index is 0.0721. The first kappa shape index (κ1) is 20.3. The van der Waals surface area contributed by atoms with Crippen LogP contribution in [0, 0.1) is 0 Å². The second-order valence-corrected chi connectivity index (χ2v) is 8.58. The number of sulfonamides is 1. The largest absolute Gasteiger partial charge is 0.354 e. The van der Waals surface area contributed by atoms with Gasteiger partial charge in [0.05, 0.1) is 10.9 Å². The van der Waals surface area contributed by atoms with E-state index in [1.54, 1.807) is 12.1 Å². The van der Waals surface area contributed by atoms with Crippen molar-refractivity contribution in [3.63, 3.8) is 0 Å². The Morgan fingerprint density at radius 3 is 2.32 bits per heavy atom. The number of carbonyl (C=O) groups is 1. The number of hydrogen-bond acceptors (Lipinski definition) is 4. The first-order chi connectivity index (χ1) is 13.3. The third-order valence-corrected chi connectivity index (χ3v) is 5.80. The second kappa shape index (κ2) is 8.68. The van der Waals surface area contributed by atoms with Crippen LogP contribution in [0.2, 0.25) is 0 Å². The molecule has 0 heterocycles. The van der Waals surface area contributed by atoms with Crippen LogP contribution in [0.5, 0.6) is 0 Å². The molecule has 3 rings (SSSR count). The molecule has 0 unspecified atom stereocenters. The number of fused-ring (bicyclic) bond motifs is 1. The third-order valence-electron chi connectivity index (χ3n) is 4.87. The van der Waals surface area contributed by atoms with E-state index >= 15 is 0 Å². The zero-order valence-electron chi connectivity index (χ0n) is 15.6. The fourth-order valence-corrected chi connectivity index (χ4v) is 3.78. The molecule has 6 nitrogen and oxygen atoms in total. The number of primary sulfonamides is 1. The number of benzene rings is 2. The molecule has 148 valence electrons. The molecule has 1 atom stereocenters. The zero-order chi connectivity index (χ0) is 20.1. The monoisotopic (exact) mass is 399 g/mol. The summed E-state index contributed by atoms with van der Waals surface area (Å²) >= 11 is 0. The SMILES string of the molecule is N[C@@H](Cc1ccc2c(c1)CC=CC2)C(=O)NCCc1ccc(S(N)(=O)=O)cc1. The van der Waals surface area contributed by atoms with Gasteiger partial charge in [-0.25, -0.2) is 13.6 Å². The van der Waals surface area contributed by atoms with E-state index in [-0.39, 0.29) is 10.8 Å². The Bertz CT molecular complexity index is 982. The molecule has 1 aliphatic rings. The van der Waals surface area contributed by atoms with Crippen LogP contribution >= 0.6 is 0 Å². The zero-order valence-corrected chi connectivity index (χ0v) is 16.4. The summed E-state index contributed by atoms with van der Waals surface area (Å²) in [6.45, 7) is 0.427. The lowest BCUT2D eigenvalue weighted by Gasteiger charge is -2.16. The number of nitrogens with one attached hydrogen (secondary N) is 1. The lowest BCUT2D eigenvalue weighted by atomic mass is 9.93. The van der Waals surface area contributed by atoms with Crippen LogP contribution in [0.25, 0.3) is 0 Å². The van der Waals surface area contributed by atoms with Crippen LogP contribution in [-0.4, -0.2) is 26.9 Å². The highest BCUT2D eigenvalue weighted by atomic mass is 32.2. The average molecular weight is 400 g/mol. The Balaban J connectivity index is 1.48. The molecule has 2 aromatic rings. The summed E-state index contributed by atoms with van der Waals surface area (Å²) in [6, 6.07) is 12.0. The average Bonchev–Trinajstić information content (AvgIpc) is 2.67. The van der Waals surface area contributed by atoms with E-state index in [9.17, 15) is 13.2 Å². The Morgan fingerprint density at radius 2 is 1.64 bits per heavy atom. The standard InChI is InChI=1S/C21H25N3O3S/c22-20(14-16-5-8-17-3-1-2-4-18(17)13-16)21(25)24-12-11-15-6-9-19(10-7-15)28(23,26)27/h1-2,5-10,13,20H,3-4,11-12,14,22H2,(H,24,25)(H2,23,26,27)/t20-/m0/s1. The molecule has 1 amide bonds. The maximum Gasteiger partial charge on any atom is 0.238 e. The fraction of sp³-hybridized carbons (Fsp3) is 0.286. The molecular formula is C21H25N3O3S. The van der Waals surface area contributed by atoms with Crippen LogP contribution in [0.1, 0.15) is 22.3 Å². The van der Waals surface area contributed by atoms with E-state index < -0.39 is 16.1 Å². The van der Waals surface area contributed by atoms with Crippen LogP contribution < -0.4 is 16.2 Å². The first-order valence-corrected chi connectivity index (χ1v) is 10.8. The highest BCUT2D eigenvalue weighted by Gasteiger charge is 2.15. The van der Waals surface area contributed by atoms with E-state index in [0.29, 0.717) is 19.4 Å². The number of carbonyl (C=O) groups excluding carboxylic acids is 1. The van der Waals surface area contributed by atoms with E-state index in [1.165, 1.54) is 23.3 Å². The normalized spacial score (nSPS) is 14.4. The van der Waals surface area contributed by atoms with Gasteiger partial charge in [0.15, 0.2) is 0 Å². The Kier molecular flexibility index (Phi) is 6.28. The lowest BCUT2D eigenvalue weighted by molar-refractivity contribution is -0.122. The summed E-state index contributed by atoms with van der Waals surface area (Å²) in [5.74, 6) is -0.196. The van der Waals surface area contributed by atoms with E-state index in [0.717, 1.165) is 24.0 Å². The van der Waals surface area contributed by atoms with Gasteiger partial charge in [0.2, 0.25) is 15.9 Å². The lowest BCUT2D eigenvalue weighted by Crippen LogP contribution is -2.42. The molecule has 0 aromatic heterocycles. The van der Waals surface area contributed by atoms with Crippen LogP contribution in [0.15, 0.2) is 59.5 Å². The molecule has 28 heavy (non-hydrogen) atoms. The topological polar surface area (TPSA) is 115 Å². The molecule has 0 aliphatic heterocycles. The third kappa shape index (κ3) is 5.28. The van der Waals surface area contributed by atoms with Crippen LogP contribution in [0.3, 0.4) is 0 Å². The number of rotatable bonds is 7. The molecule has 0 saturated heterocycles. The summed E-state index contributed by atoms with van der Waals surface area (Å²) in [6.07, 6.45) is 7.29. The van der Waals surface area contributed by atoms with E-state index in [2.05, 4.69) is 29.6 Å². The van der Waals surface area contributed by atoms with Crippen molar-refractivity contribution in [3.05, 3.63) is 76.9 Å². The fourth-order valence-electron chi connectivity index (χ4n) is 3.27. The molecule has 0 radical (unpaired) electrons. The van der Waals surface area contributed by atoms with Crippen molar-refractivity contribution in [3.8, 4) is 0 Å². The van der Waals surface area contributed by atoms with Crippen LogP contribution in [0.4, 0.5) is 0 Å². The number of amides is 1.